The number of amides is 1. The number of benzene rings is 1. The predicted octanol–water partition coefficient (Wildman–Crippen LogP) is -0.0253. The van der Waals surface area contributed by atoms with Gasteiger partial charge in [0.2, 0.25) is 10.0 Å². The molecular weight excluding hydrogens is 378 g/mol. The van der Waals surface area contributed by atoms with E-state index in [-0.39, 0.29) is 22.2 Å². The number of rotatable bonds is 4. The first-order chi connectivity index (χ1) is 12.2. The first-order valence-electron chi connectivity index (χ1n) is 8.51. The van der Waals surface area contributed by atoms with Crippen molar-refractivity contribution < 1.29 is 21.6 Å². The highest BCUT2D eigenvalue weighted by molar-refractivity contribution is 7.90. The van der Waals surface area contributed by atoms with Gasteiger partial charge >= 0.3 is 0 Å². The molecule has 0 aromatic heterocycles. The second-order valence-electron chi connectivity index (χ2n) is 6.54. The molecule has 10 heteroatoms. The van der Waals surface area contributed by atoms with Crippen molar-refractivity contribution in [3.8, 4) is 0 Å². The Morgan fingerprint density at radius 3 is 2.15 bits per heavy atom. The largest absolute Gasteiger partial charge is 0.339 e. The standard InChI is InChI=1S/C16H23N3O5S2/c1-3-17-11-12-18-9-4-10-19(15(18)16(17)20)26(23,24)14-7-5-13(6-8-14)25(2,21)22/h5-8,15H,3-4,9-12H2,1-2H3/t15-/m1/s1. The van der Waals surface area contributed by atoms with Crippen LogP contribution < -0.4 is 0 Å². The number of sulfone groups is 1. The van der Waals surface area contributed by atoms with Crippen molar-refractivity contribution in [2.45, 2.75) is 29.3 Å². The van der Waals surface area contributed by atoms with Crippen molar-refractivity contribution in [1.82, 2.24) is 14.1 Å². The summed E-state index contributed by atoms with van der Waals surface area (Å²) in [5.41, 5.74) is 0. The molecule has 0 saturated carbocycles. The number of carbonyl (C=O) groups is 1. The van der Waals surface area contributed by atoms with Crippen molar-refractivity contribution in [3.63, 3.8) is 0 Å². The first-order valence-corrected chi connectivity index (χ1v) is 11.8. The number of nitrogens with zero attached hydrogens (tertiary/aromatic N) is 3. The molecule has 1 atom stereocenters. The maximum Gasteiger partial charge on any atom is 0.255 e. The lowest BCUT2D eigenvalue weighted by atomic mass is 10.2. The highest BCUT2D eigenvalue weighted by Gasteiger charge is 2.45. The summed E-state index contributed by atoms with van der Waals surface area (Å²) in [4.78, 5) is 16.4. The number of carbonyl (C=O) groups excluding carboxylic acids is 1. The molecule has 1 aromatic carbocycles. The Morgan fingerprint density at radius 1 is 0.962 bits per heavy atom. The summed E-state index contributed by atoms with van der Waals surface area (Å²) in [5, 5.41) is 0. The zero-order valence-electron chi connectivity index (χ0n) is 14.8. The van der Waals surface area contributed by atoms with E-state index in [1.807, 2.05) is 11.8 Å². The van der Waals surface area contributed by atoms with Gasteiger partial charge in [-0.25, -0.2) is 16.8 Å². The zero-order chi connectivity index (χ0) is 19.1. The maximum absolute atomic E-state index is 13.1. The van der Waals surface area contributed by atoms with Crippen molar-refractivity contribution in [2.75, 3.05) is 39.0 Å². The summed E-state index contributed by atoms with van der Waals surface area (Å²) in [6.45, 7) is 4.61. The molecule has 0 radical (unpaired) electrons. The Morgan fingerprint density at radius 2 is 1.58 bits per heavy atom. The second-order valence-corrected chi connectivity index (χ2v) is 10.4. The molecule has 144 valence electrons. The van der Waals surface area contributed by atoms with Crippen LogP contribution in [0.5, 0.6) is 0 Å². The fraction of sp³-hybridized carbons (Fsp3) is 0.562. The van der Waals surface area contributed by atoms with Crippen molar-refractivity contribution >= 4 is 25.8 Å². The molecule has 0 bridgehead atoms. The van der Waals surface area contributed by atoms with Gasteiger partial charge in [0.25, 0.3) is 5.91 Å². The van der Waals surface area contributed by atoms with Crippen molar-refractivity contribution in [3.05, 3.63) is 24.3 Å². The van der Waals surface area contributed by atoms with E-state index in [4.69, 9.17) is 0 Å². The average molecular weight is 402 g/mol. The number of likely N-dealkylation sites (N-methyl/N-ethyl adjacent to an activating group) is 1. The van der Waals surface area contributed by atoms with Gasteiger partial charge in [-0.05, 0) is 37.6 Å². The first kappa shape index (κ1) is 19.3. The van der Waals surface area contributed by atoms with Gasteiger partial charge in [0.05, 0.1) is 9.79 Å². The molecule has 26 heavy (non-hydrogen) atoms. The predicted molar refractivity (Wildman–Crippen MR) is 95.7 cm³/mol. The number of hydrogen-bond donors (Lipinski definition) is 0. The molecule has 3 rings (SSSR count). The molecule has 2 aliphatic heterocycles. The van der Waals surface area contributed by atoms with Crippen LogP contribution in [0.2, 0.25) is 0 Å². The van der Waals surface area contributed by atoms with Gasteiger partial charge in [-0.2, -0.15) is 4.31 Å². The molecule has 0 unspecified atom stereocenters. The van der Waals surface area contributed by atoms with Gasteiger partial charge < -0.3 is 4.90 Å². The van der Waals surface area contributed by atoms with Crippen molar-refractivity contribution in [1.29, 1.82) is 0 Å². The minimum atomic E-state index is -3.91. The third-order valence-corrected chi connectivity index (χ3v) is 7.87. The Labute approximate surface area is 154 Å². The monoisotopic (exact) mass is 401 g/mol. The summed E-state index contributed by atoms with van der Waals surface area (Å²) in [7, 11) is -7.32. The molecule has 2 heterocycles. The quantitative estimate of drug-likeness (QED) is 0.703. The average Bonchev–Trinajstić information content (AvgIpc) is 2.61. The minimum absolute atomic E-state index is 0.00632. The molecule has 0 spiro atoms. The Hall–Kier alpha value is -1.49. The van der Waals surface area contributed by atoms with Crippen LogP contribution in [0, 0.1) is 0 Å². The third-order valence-electron chi connectivity index (χ3n) is 4.87. The Bertz CT molecular complexity index is 896. The van der Waals surface area contributed by atoms with E-state index in [2.05, 4.69) is 0 Å². The fourth-order valence-electron chi connectivity index (χ4n) is 3.45. The normalized spacial score (nSPS) is 23.1. The topological polar surface area (TPSA) is 95.1 Å². The SMILES string of the molecule is CCN1CCN2CCCN(S(=O)(=O)c3ccc(S(C)(=O)=O)cc3)[C@@H]2C1=O. The summed E-state index contributed by atoms with van der Waals surface area (Å²) in [6, 6.07) is 5.14. The van der Waals surface area contributed by atoms with E-state index in [0.717, 1.165) is 6.26 Å². The molecule has 0 aliphatic carbocycles. The Kier molecular flexibility index (Phi) is 5.13. The maximum atomic E-state index is 13.1. The highest BCUT2D eigenvalue weighted by Crippen LogP contribution is 2.27. The van der Waals surface area contributed by atoms with Gasteiger partial charge in [-0.1, -0.05) is 0 Å². The highest BCUT2D eigenvalue weighted by atomic mass is 32.2. The lowest BCUT2D eigenvalue weighted by molar-refractivity contribution is -0.149. The molecule has 0 N–H and O–H groups in total. The van der Waals surface area contributed by atoms with Crippen LogP contribution in [-0.4, -0.2) is 82.0 Å². The molecule has 8 nitrogen and oxygen atoms in total. The van der Waals surface area contributed by atoms with Crippen molar-refractivity contribution in [2.24, 2.45) is 0 Å². The van der Waals surface area contributed by atoms with Crippen LogP contribution in [0.15, 0.2) is 34.1 Å². The number of piperazine rings is 1. The fourth-order valence-corrected chi connectivity index (χ4v) is 5.69. The smallest absolute Gasteiger partial charge is 0.255 e. The van der Waals surface area contributed by atoms with E-state index in [1.54, 1.807) is 4.90 Å². The summed E-state index contributed by atoms with van der Waals surface area (Å²) >= 11 is 0. The van der Waals surface area contributed by atoms with Crippen LogP contribution in [-0.2, 0) is 24.7 Å². The molecule has 2 fully saturated rings. The molecule has 1 amide bonds. The van der Waals surface area contributed by atoms with Crippen LogP contribution in [0.25, 0.3) is 0 Å². The molecular formula is C16H23N3O5S2. The van der Waals surface area contributed by atoms with E-state index < -0.39 is 26.0 Å². The number of sulfonamides is 1. The number of hydrogen-bond acceptors (Lipinski definition) is 6. The summed E-state index contributed by atoms with van der Waals surface area (Å²) < 4.78 is 50.6. The van der Waals surface area contributed by atoms with Crippen LogP contribution in [0.4, 0.5) is 0 Å². The van der Waals surface area contributed by atoms with Gasteiger partial charge in [0.1, 0.15) is 0 Å². The van der Waals surface area contributed by atoms with Crippen LogP contribution >= 0.6 is 0 Å². The molecule has 1 aromatic rings. The van der Waals surface area contributed by atoms with Crippen LogP contribution in [0.3, 0.4) is 0 Å². The lowest BCUT2D eigenvalue weighted by Crippen LogP contribution is -2.67. The van der Waals surface area contributed by atoms with Gasteiger partial charge in [-0.15, -0.1) is 0 Å². The van der Waals surface area contributed by atoms with Gasteiger partial charge in [-0.3, -0.25) is 9.69 Å². The minimum Gasteiger partial charge on any atom is -0.339 e. The second kappa shape index (κ2) is 6.91. The van der Waals surface area contributed by atoms with Gasteiger partial charge in [0.15, 0.2) is 16.0 Å². The van der Waals surface area contributed by atoms with Gasteiger partial charge in [0, 0.05) is 39.0 Å². The van der Waals surface area contributed by atoms with E-state index in [9.17, 15) is 21.6 Å². The summed E-state index contributed by atoms with van der Waals surface area (Å²) in [5.74, 6) is -0.199. The molecule has 2 saturated heterocycles. The number of fused-ring (bicyclic) bond motifs is 1. The summed E-state index contributed by atoms with van der Waals surface area (Å²) in [6.07, 6.45) is 0.896. The van der Waals surface area contributed by atoms with E-state index >= 15 is 0 Å². The lowest BCUT2D eigenvalue weighted by Gasteiger charge is -2.47. The van der Waals surface area contributed by atoms with E-state index in [1.165, 1.54) is 28.6 Å². The molecule has 2 aliphatic rings. The zero-order valence-corrected chi connectivity index (χ0v) is 16.5. The Balaban J connectivity index is 1.96. The van der Waals surface area contributed by atoms with Crippen LogP contribution in [0.1, 0.15) is 13.3 Å². The third kappa shape index (κ3) is 3.38. The van der Waals surface area contributed by atoms with E-state index in [0.29, 0.717) is 32.6 Å².